The van der Waals surface area contributed by atoms with Crippen molar-refractivity contribution in [1.29, 1.82) is 0 Å². The Morgan fingerprint density at radius 1 is 1.12 bits per heavy atom. The summed E-state index contributed by atoms with van der Waals surface area (Å²) in [4.78, 5) is 3.00. The molecule has 2 aromatic carbocycles. The zero-order valence-corrected chi connectivity index (χ0v) is 17.7. The van der Waals surface area contributed by atoms with Crippen LogP contribution in [0.1, 0.15) is 11.9 Å². The van der Waals surface area contributed by atoms with Crippen LogP contribution in [0.3, 0.4) is 0 Å². The van der Waals surface area contributed by atoms with E-state index in [1.54, 1.807) is 37.5 Å². The topological polar surface area (TPSA) is 104 Å². The molecule has 2 aromatic rings. The molecule has 2 aliphatic rings. The van der Waals surface area contributed by atoms with Crippen molar-refractivity contribution in [1.82, 2.24) is 0 Å². The molecule has 168 valence electrons. The standard InChI is InChI=1S/C23H25N3O6/c1-3-13-28-21-19(25-26-24)23(30-17-11-9-16(27-2)10-12-17)31-18-14-29-22(32-20(18)21)15-7-5-4-6-8-15/h3-12,18-23H,1,13-14H2,2H3/t18-,19-,20+,21-,22-,23-/m1/s1. The number of azide groups is 1. The molecule has 0 saturated carbocycles. The summed E-state index contributed by atoms with van der Waals surface area (Å²) in [6.45, 7) is 4.24. The van der Waals surface area contributed by atoms with Gasteiger partial charge in [-0.15, -0.1) is 6.58 Å². The Kier molecular flexibility index (Phi) is 7.26. The fourth-order valence-electron chi connectivity index (χ4n) is 3.78. The minimum absolute atomic E-state index is 0.251. The van der Waals surface area contributed by atoms with Gasteiger partial charge in [-0.2, -0.15) is 0 Å². The molecule has 32 heavy (non-hydrogen) atoms. The van der Waals surface area contributed by atoms with E-state index in [-0.39, 0.29) is 13.2 Å². The summed E-state index contributed by atoms with van der Waals surface area (Å²) in [5, 5.41) is 3.94. The number of hydrogen-bond acceptors (Lipinski definition) is 7. The van der Waals surface area contributed by atoms with E-state index in [0.717, 1.165) is 5.56 Å². The average Bonchev–Trinajstić information content (AvgIpc) is 2.84. The highest BCUT2D eigenvalue weighted by molar-refractivity contribution is 5.31. The third-order valence-electron chi connectivity index (χ3n) is 5.28. The normalized spacial score (nSPS) is 29.3. The number of rotatable bonds is 8. The molecule has 6 atom stereocenters. The quantitative estimate of drug-likeness (QED) is 0.265. The molecule has 0 N–H and O–H groups in total. The van der Waals surface area contributed by atoms with Crippen molar-refractivity contribution in [3.8, 4) is 11.5 Å². The number of ether oxygens (including phenoxy) is 6. The first kappa shape index (κ1) is 22.1. The lowest BCUT2D eigenvalue weighted by molar-refractivity contribution is -0.335. The number of methoxy groups -OCH3 is 1. The van der Waals surface area contributed by atoms with Crippen molar-refractivity contribution in [2.45, 2.75) is 36.9 Å². The average molecular weight is 439 g/mol. The van der Waals surface area contributed by atoms with Gasteiger partial charge in [0.1, 0.15) is 35.9 Å². The van der Waals surface area contributed by atoms with Crippen LogP contribution in [-0.2, 0) is 18.9 Å². The molecule has 4 rings (SSSR count). The van der Waals surface area contributed by atoms with Crippen LogP contribution in [0.4, 0.5) is 0 Å². The van der Waals surface area contributed by atoms with Crippen molar-refractivity contribution >= 4 is 0 Å². The van der Waals surface area contributed by atoms with E-state index < -0.39 is 36.9 Å². The third-order valence-corrected chi connectivity index (χ3v) is 5.28. The lowest BCUT2D eigenvalue weighted by atomic mass is 9.96. The molecule has 0 bridgehead atoms. The van der Waals surface area contributed by atoms with Crippen LogP contribution in [0.25, 0.3) is 10.4 Å². The third kappa shape index (κ3) is 4.88. The van der Waals surface area contributed by atoms with E-state index in [2.05, 4.69) is 16.6 Å². The maximum atomic E-state index is 9.23. The van der Waals surface area contributed by atoms with Crippen LogP contribution in [-0.4, -0.2) is 51.0 Å². The zero-order valence-electron chi connectivity index (χ0n) is 17.7. The van der Waals surface area contributed by atoms with Gasteiger partial charge in [-0.1, -0.05) is 41.5 Å². The molecule has 9 nitrogen and oxygen atoms in total. The predicted molar refractivity (Wildman–Crippen MR) is 115 cm³/mol. The van der Waals surface area contributed by atoms with Gasteiger partial charge in [-0.05, 0) is 29.8 Å². The smallest absolute Gasteiger partial charge is 0.211 e. The molecule has 2 heterocycles. The highest BCUT2D eigenvalue weighted by Gasteiger charge is 2.51. The van der Waals surface area contributed by atoms with Gasteiger partial charge in [0.05, 0.1) is 20.3 Å². The zero-order chi connectivity index (χ0) is 22.3. The van der Waals surface area contributed by atoms with Gasteiger partial charge in [0.2, 0.25) is 6.29 Å². The molecule has 9 heteroatoms. The fraction of sp³-hybridized carbons (Fsp3) is 0.391. The summed E-state index contributed by atoms with van der Waals surface area (Å²) < 4.78 is 35.5. The maximum absolute atomic E-state index is 9.23. The molecule has 0 unspecified atom stereocenters. The van der Waals surface area contributed by atoms with Gasteiger partial charge in [0, 0.05) is 10.5 Å². The molecule has 0 aromatic heterocycles. The van der Waals surface area contributed by atoms with Crippen LogP contribution >= 0.6 is 0 Å². The summed E-state index contributed by atoms with van der Waals surface area (Å²) >= 11 is 0. The summed E-state index contributed by atoms with van der Waals surface area (Å²) in [6.07, 6.45) is -1.47. The second kappa shape index (κ2) is 10.5. The Balaban J connectivity index is 1.58. The van der Waals surface area contributed by atoms with Gasteiger partial charge in [-0.25, -0.2) is 0 Å². The summed E-state index contributed by atoms with van der Waals surface area (Å²) in [5.41, 5.74) is 10.1. The van der Waals surface area contributed by atoms with Crippen molar-refractivity contribution in [3.63, 3.8) is 0 Å². The van der Waals surface area contributed by atoms with Crippen molar-refractivity contribution in [3.05, 3.63) is 83.3 Å². The first-order valence-electron chi connectivity index (χ1n) is 10.3. The number of benzene rings is 2. The Morgan fingerprint density at radius 3 is 2.56 bits per heavy atom. The Labute approximate surface area is 186 Å². The lowest BCUT2D eigenvalue weighted by Gasteiger charge is -2.47. The van der Waals surface area contributed by atoms with Gasteiger partial charge in [-0.3, -0.25) is 0 Å². The second-order valence-electron chi connectivity index (χ2n) is 7.30. The van der Waals surface area contributed by atoms with Gasteiger partial charge in [0.25, 0.3) is 0 Å². The van der Waals surface area contributed by atoms with Crippen LogP contribution < -0.4 is 9.47 Å². The molecule has 0 radical (unpaired) electrons. The first-order valence-corrected chi connectivity index (χ1v) is 10.3. The highest BCUT2D eigenvalue weighted by atomic mass is 16.8. The minimum Gasteiger partial charge on any atom is -0.497 e. The Bertz CT molecular complexity index is 935. The van der Waals surface area contributed by atoms with Gasteiger partial charge in [0.15, 0.2) is 6.29 Å². The fourth-order valence-corrected chi connectivity index (χ4v) is 3.78. The molecular formula is C23H25N3O6. The minimum atomic E-state index is -0.893. The molecule has 2 saturated heterocycles. The van der Waals surface area contributed by atoms with E-state index in [1.807, 2.05) is 30.3 Å². The van der Waals surface area contributed by atoms with Crippen LogP contribution in [0.2, 0.25) is 0 Å². The van der Waals surface area contributed by atoms with Gasteiger partial charge >= 0.3 is 0 Å². The lowest BCUT2D eigenvalue weighted by Crippen LogP contribution is -2.63. The van der Waals surface area contributed by atoms with Crippen molar-refractivity contribution in [2.75, 3.05) is 20.3 Å². The number of nitrogens with zero attached hydrogens (tertiary/aromatic N) is 3. The Morgan fingerprint density at radius 2 is 1.88 bits per heavy atom. The number of hydrogen-bond donors (Lipinski definition) is 0. The predicted octanol–water partition coefficient (Wildman–Crippen LogP) is 4.16. The molecule has 2 aliphatic heterocycles. The van der Waals surface area contributed by atoms with E-state index in [0.29, 0.717) is 11.5 Å². The highest BCUT2D eigenvalue weighted by Crippen LogP contribution is 2.37. The molecular weight excluding hydrogens is 414 g/mol. The first-order chi connectivity index (χ1) is 15.7. The molecule has 0 spiro atoms. The van der Waals surface area contributed by atoms with Crippen LogP contribution in [0, 0.1) is 0 Å². The van der Waals surface area contributed by atoms with E-state index in [4.69, 9.17) is 28.4 Å². The van der Waals surface area contributed by atoms with Gasteiger partial charge < -0.3 is 28.4 Å². The molecule has 2 fully saturated rings. The van der Waals surface area contributed by atoms with E-state index in [1.165, 1.54) is 0 Å². The van der Waals surface area contributed by atoms with Crippen LogP contribution in [0.5, 0.6) is 11.5 Å². The van der Waals surface area contributed by atoms with Crippen molar-refractivity contribution < 1.29 is 28.4 Å². The SMILES string of the molecule is C=CCO[C@@H]1[C@@H](N=[N+]=[N-])[C@H](Oc2ccc(OC)cc2)O[C@@H]2CO[C@@H](c3ccccc3)O[C@H]12. The molecule has 0 aliphatic carbocycles. The monoisotopic (exact) mass is 439 g/mol. The largest absolute Gasteiger partial charge is 0.497 e. The molecule has 0 amide bonds. The summed E-state index contributed by atoms with van der Waals surface area (Å²) in [6, 6.07) is 15.9. The number of fused-ring (bicyclic) bond motifs is 1. The van der Waals surface area contributed by atoms with E-state index in [9.17, 15) is 5.53 Å². The summed E-state index contributed by atoms with van der Waals surface area (Å²) in [5.74, 6) is 1.23. The Hall–Kier alpha value is -3.07. The summed E-state index contributed by atoms with van der Waals surface area (Å²) in [7, 11) is 1.59. The second-order valence-corrected chi connectivity index (χ2v) is 7.30. The van der Waals surface area contributed by atoms with Crippen molar-refractivity contribution in [2.24, 2.45) is 5.11 Å². The van der Waals surface area contributed by atoms with E-state index >= 15 is 0 Å². The maximum Gasteiger partial charge on any atom is 0.211 e. The van der Waals surface area contributed by atoms with Crippen LogP contribution in [0.15, 0.2) is 72.4 Å².